The minimum Gasteiger partial charge on any atom is -0.267 e. The average molecular weight is 395 g/mol. The van der Waals surface area contributed by atoms with Crippen LogP contribution < -0.4 is 5.56 Å². The van der Waals surface area contributed by atoms with Crippen molar-refractivity contribution < 1.29 is 30.7 Å². The zero-order chi connectivity index (χ0) is 18.4. The van der Waals surface area contributed by atoms with Gasteiger partial charge in [0.2, 0.25) is 0 Å². The second kappa shape index (κ2) is 5.92. The Kier molecular flexibility index (Phi) is 4.57. The number of rotatable bonds is 1. The highest BCUT2D eigenvalue weighted by Crippen LogP contribution is 2.35. The lowest BCUT2D eigenvalue weighted by atomic mass is 10.2. The molecule has 0 atom stereocenters. The Balaban J connectivity index is 2.71. The van der Waals surface area contributed by atoms with Crippen LogP contribution in [0.5, 0.6) is 0 Å². The van der Waals surface area contributed by atoms with Crippen LogP contribution in [0.2, 0.25) is 10.0 Å². The van der Waals surface area contributed by atoms with Gasteiger partial charge in [0.15, 0.2) is 5.69 Å². The van der Waals surface area contributed by atoms with Gasteiger partial charge >= 0.3 is 12.4 Å². The van der Waals surface area contributed by atoms with Crippen molar-refractivity contribution in [3.63, 3.8) is 0 Å². The molecule has 0 unspecified atom stereocenters. The van der Waals surface area contributed by atoms with Crippen molar-refractivity contribution in [2.75, 3.05) is 0 Å². The fourth-order valence-corrected chi connectivity index (χ4v) is 2.29. The minimum absolute atomic E-state index is 0.0409. The average Bonchev–Trinajstić information content (AvgIpc) is 2.40. The molecule has 24 heavy (non-hydrogen) atoms. The third kappa shape index (κ3) is 3.34. The molecule has 0 N–H and O–H groups in total. The van der Waals surface area contributed by atoms with Gasteiger partial charge in [-0.3, -0.25) is 9.36 Å². The molecule has 0 amide bonds. The zero-order valence-electron chi connectivity index (χ0n) is 10.9. The number of halogens is 9. The molecule has 0 bridgehead atoms. The summed E-state index contributed by atoms with van der Waals surface area (Å²) in [6, 6.07) is 0.358. The Labute approximate surface area is 138 Å². The van der Waals surface area contributed by atoms with Gasteiger partial charge in [0, 0.05) is 0 Å². The quantitative estimate of drug-likeness (QED) is 0.656. The molecule has 0 fully saturated rings. The van der Waals surface area contributed by atoms with E-state index in [0.29, 0.717) is 6.07 Å². The minimum atomic E-state index is -5.04. The molecule has 2 rings (SSSR count). The first kappa shape index (κ1) is 18.5. The summed E-state index contributed by atoms with van der Waals surface area (Å²) in [5.74, 6) is -1.59. The first-order chi connectivity index (χ1) is 10.8. The molecule has 3 nitrogen and oxygen atoms in total. The van der Waals surface area contributed by atoms with Crippen LogP contribution in [-0.2, 0) is 12.4 Å². The highest BCUT2D eigenvalue weighted by atomic mass is 35.5. The molecule has 0 radical (unpaired) electrons. The fourth-order valence-electron chi connectivity index (χ4n) is 1.75. The van der Waals surface area contributed by atoms with E-state index in [-0.39, 0.29) is 17.0 Å². The maximum absolute atomic E-state index is 13.9. The molecule has 0 aliphatic rings. The predicted molar refractivity (Wildman–Crippen MR) is 69.8 cm³/mol. The predicted octanol–water partition coefficient (Wildman–Crippen LogP) is 4.72. The lowest BCUT2D eigenvalue weighted by molar-refractivity contribution is -0.141. The van der Waals surface area contributed by atoms with Crippen molar-refractivity contribution in [3.05, 3.63) is 55.9 Å². The van der Waals surface area contributed by atoms with E-state index < -0.39 is 50.7 Å². The number of benzene rings is 1. The highest BCUT2D eigenvalue weighted by molar-refractivity contribution is 6.32. The molecule has 0 saturated heterocycles. The molecule has 1 heterocycles. The summed E-state index contributed by atoms with van der Waals surface area (Å²) in [5, 5.41) is -2.23. The lowest BCUT2D eigenvalue weighted by Gasteiger charge is -2.14. The maximum Gasteiger partial charge on any atom is 0.435 e. The van der Waals surface area contributed by atoms with Crippen molar-refractivity contribution in [2.24, 2.45) is 0 Å². The van der Waals surface area contributed by atoms with Crippen LogP contribution >= 0.6 is 23.2 Å². The Morgan fingerprint density at radius 2 is 1.58 bits per heavy atom. The first-order valence-corrected chi connectivity index (χ1v) is 6.50. The number of aromatic nitrogens is 2. The Morgan fingerprint density at radius 3 is 2.04 bits per heavy atom. The zero-order valence-corrected chi connectivity index (χ0v) is 12.4. The molecule has 0 aliphatic carbocycles. The third-order valence-corrected chi connectivity index (χ3v) is 3.40. The molecule has 0 saturated carbocycles. The van der Waals surface area contributed by atoms with Gasteiger partial charge in [-0.1, -0.05) is 23.2 Å². The van der Waals surface area contributed by atoms with Gasteiger partial charge in [-0.2, -0.15) is 26.3 Å². The second-order valence-corrected chi connectivity index (χ2v) is 5.15. The van der Waals surface area contributed by atoms with E-state index in [1.165, 1.54) is 0 Å². The first-order valence-electron chi connectivity index (χ1n) is 5.75. The number of alkyl halides is 6. The Hall–Kier alpha value is -1.81. The summed E-state index contributed by atoms with van der Waals surface area (Å²) in [6.07, 6.45) is -9.68. The molecular formula is C12H3Cl2F7N2O. The van der Waals surface area contributed by atoms with Gasteiger partial charge in [0.05, 0.1) is 10.6 Å². The molecule has 1 aromatic carbocycles. The number of hydrogen-bond donors (Lipinski definition) is 0. The smallest absolute Gasteiger partial charge is 0.267 e. The van der Waals surface area contributed by atoms with E-state index >= 15 is 0 Å². The van der Waals surface area contributed by atoms with Crippen molar-refractivity contribution >= 4 is 23.2 Å². The Morgan fingerprint density at radius 1 is 1.00 bits per heavy atom. The van der Waals surface area contributed by atoms with E-state index in [1.54, 1.807) is 0 Å². The highest BCUT2D eigenvalue weighted by Gasteiger charge is 2.37. The topological polar surface area (TPSA) is 34.9 Å². The van der Waals surface area contributed by atoms with Crippen molar-refractivity contribution in [1.29, 1.82) is 0 Å². The molecule has 0 spiro atoms. The van der Waals surface area contributed by atoms with Crippen molar-refractivity contribution in [2.45, 2.75) is 12.4 Å². The molecule has 0 aliphatic heterocycles. The lowest BCUT2D eigenvalue weighted by Crippen LogP contribution is -2.25. The number of hydrogen-bond acceptors (Lipinski definition) is 2. The summed E-state index contributed by atoms with van der Waals surface area (Å²) < 4.78 is 89.6. The van der Waals surface area contributed by atoms with Crippen molar-refractivity contribution in [3.8, 4) is 5.69 Å². The van der Waals surface area contributed by atoms with Crippen LogP contribution in [0.1, 0.15) is 11.3 Å². The molecule has 1 aromatic heterocycles. The second-order valence-electron chi connectivity index (χ2n) is 4.37. The standard InChI is InChI=1S/C12H3Cl2F7N2O/c13-5-1-4(11(16,17)18)2-6(15)8(5)23-3-22-9(12(19,20)21)7(14)10(23)24/h1-3H. The van der Waals surface area contributed by atoms with Crippen LogP contribution in [0, 0.1) is 5.82 Å². The molecule has 12 heteroatoms. The largest absolute Gasteiger partial charge is 0.435 e. The van der Waals surface area contributed by atoms with Gasteiger partial charge in [-0.05, 0) is 12.1 Å². The number of nitrogens with zero attached hydrogens (tertiary/aromatic N) is 2. The summed E-state index contributed by atoms with van der Waals surface area (Å²) in [7, 11) is 0. The van der Waals surface area contributed by atoms with E-state index in [0.717, 1.165) is 0 Å². The summed E-state index contributed by atoms with van der Waals surface area (Å²) in [4.78, 5) is 14.8. The summed E-state index contributed by atoms with van der Waals surface area (Å²) in [6.45, 7) is 0. The SMILES string of the molecule is O=c1c(Cl)c(C(F)(F)F)ncn1-c1c(F)cc(C(F)(F)F)cc1Cl. The van der Waals surface area contributed by atoms with E-state index in [9.17, 15) is 35.5 Å². The fraction of sp³-hybridized carbons (Fsp3) is 0.167. The molecule has 2 aromatic rings. The van der Waals surface area contributed by atoms with Crippen LogP contribution in [-0.4, -0.2) is 9.55 Å². The molecular weight excluding hydrogens is 392 g/mol. The van der Waals surface area contributed by atoms with E-state index in [4.69, 9.17) is 23.2 Å². The normalized spacial score (nSPS) is 12.5. The maximum atomic E-state index is 13.9. The van der Waals surface area contributed by atoms with Gasteiger partial charge < -0.3 is 0 Å². The van der Waals surface area contributed by atoms with Crippen LogP contribution in [0.15, 0.2) is 23.3 Å². The van der Waals surface area contributed by atoms with Gasteiger partial charge in [0.1, 0.15) is 22.9 Å². The van der Waals surface area contributed by atoms with E-state index in [1.807, 2.05) is 0 Å². The third-order valence-electron chi connectivity index (χ3n) is 2.77. The van der Waals surface area contributed by atoms with Crippen LogP contribution in [0.3, 0.4) is 0 Å². The van der Waals surface area contributed by atoms with Crippen LogP contribution in [0.25, 0.3) is 5.69 Å². The van der Waals surface area contributed by atoms with E-state index in [2.05, 4.69) is 4.98 Å². The summed E-state index contributed by atoms with van der Waals surface area (Å²) in [5.41, 5.74) is -5.60. The summed E-state index contributed by atoms with van der Waals surface area (Å²) >= 11 is 10.8. The van der Waals surface area contributed by atoms with Crippen molar-refractivity contribution in [1.82, 2.24) is 9.55 Å². The van der Waals surface area contributed by atoms with Gasteiger partial charge in [0.25, 0.3) is 5.56 Å². The molecule has 130 valence electrons. The monoisotopic (exact) mass is 394 g/mol. The van der Waals surface area contributed by atoms with Crippen LogP contribution in [0.4, 0.5) is 30.7 Å². The van der Waals surface area contributed by atoms with Gasteiger partial charge in [-0.25, -0.2) is 9.37 Å². The Bertz CT molecular complexity index is 835. The van der Waals surface area contributed by atoms with Gasteiger partial charge in [-0.15, -0.1) is 0 Å².